The largest absolute Gasteiger partial charge is 0.453 e. The number of nitrogens with zero attached hydrogens (tertiary/aromatic N) is 1. The monoisotopic (exact) mass is 383 g/mol. The summed E-state index contributed by atoms with van der Waals surface area (Å²) in [4.78, 5) is 47.9. The van der Waals surface area contributed by atoms with Gasteiger partial charge in [0.2, 0.25) is 5.91 Å². The molecule has 0 radical (unpaired) electrons. The van der Waals surface area contributed by atoms with Crippen LogP contribution >= 0.6 is 15.9 Å². The molecule has 4 amide bonds. The first-order valence-corrected chi connectivity index (χ1v) is 7.47. The summed E-state index contributed by atoms with van der Waals surface area (Å²) in [7, 11) is 1.23. The van der Waals surface area contributed by atoms with E-state index in [2.05, 4.69) is 31.3 Å². The fourth-order valence-electron chi connectivity index (χ4n) is 2.04. The molecule has 1 heterocycles. The van der Waals surface area contributed by atoms with Gasteiger partial charge in [-0.05, 0) is 18.2 Å². The standard InChI is InChI=1S/C14H14BrN3O5/c1-23-14(22)17-5-4-16-11(19)7-18-12(20)9-3-2-8(15)6-10(9)13(18)21/h2-3,6H,4-5,7H2,1H3,(H,16,19)(H,17,22). The minimum absolute atomic E-state index is 0.155. The first-order chi connectivity index (χ1) is 10.9. The van der Waals surface area contributed by atoms with E-state index in [1.165, 1.54) is 13.2 Å². The van der Waals surface area contributed by atoms with Crippen LogP contribution < -0.4 is 10.6 Å². The van der Waals surface area contributed by atoms with Crippen molar-refractivity contribution in [3.8, 4) is 0 Å². The first-order valence-electron chi connectivity index (χ1n) is 6.68. The molecule has 9 heteroatoms. The quantitative estimate of drug-likeness (QED) is 0.569. The molecule has 1 aliphatic heterocycles. The van der Waals surface area contributed by atoms with Crippen molar-refractivity contribution in [2.75, 3.05) is 26.7 Å². The van der Waals surface area contributed by atoms with Crippen LogP contribution in [0, 0.1) is 0 Å². The number of fused-ring (bicyclic) bond motifs is 1. The summed E-state index contributed by atoms with van der Waals surface area (Å²) < 4.78 is 5.05. The molecule has 122 valence electrons. The Hall–Kier alpha value is -2.42. The summed E-state index contributed by atoms with van der Waals surface area (Å²) in [5.41, 5.74) is 0.544. The summed E-state index contributed by atoms with van der Waals surface area (Å²) >= 11 is 3.24. The molecule has 0 aromatic heterocycles. The third-order valence-electron chi connectivity index (χ3n) is 3.14. The zero-order valence-electron chi connectivity index (χ0n) is 12.2. The third-order valence-corrected chi connectivity index (χ3v) is 3.63. The number of carbonyl (C=O) groups is 4. The number of hydrogen-bond donors (Lipinski definition) is 2. The molecule has 1 aliphatic rings. The number of nitrogens with one attached hydrogen (secondary N) is 2. The maximum Gasteiger partial charge on any atom is 0.406 e. The number of amides is 4. The van der Waals surface area contributed by atoms with Crippen LogP contribution in [0.25, 0.3) is 0 Å². The van der Waals surface area contributed by atoms with E-state index in [0.717, 1.165) is 4.90 Å². The number of rotatable bonds is 5. The van der Waals surface area contributed by atoms with Crippen molar-refractivity contribution in [1.82, 2.24) is 15.5 Å². The molecular formula is C14H14BrN3O5. The fraction of sp³-hybridized carbons (Fsp3) is 0.286. The summed E-state index contributed by atoms with van der Waals surface area (Å²) in [5.74, 6) is -1.50. The molecule has 2 N–H and O–H groups in total. The van der Waals surface area contributed by atoms with Gasteiger partial charge in [0.15, 0.2) is 0 Å². The summed E-state index contributed by atoms with van der Waals surface area (Å²) in [6, 6.07) is 4.75. The molecule has 0 unspecified atom stereocenters. The second kappa shape index (κ2) is 7.23. The van der Waals surface area contributed by atoms with E-state index in [4.69, 9.17) is 0 Å². The zero-order valence-corrected chi connectivity index (χ0v) is 13.8. The van der Waals surface area contributed by atoms with Gasteiger partial charge in [0.05, 0.1) is 18.2 Å². The SMILES string of the molecule is COC(=O)NCCNC(=O)CN1C(=O)c2ccc(Br)cc2C1=O. The lowest BCUT2D eigenvalue weighted by Gasteiger charge is -2.13. The molecule has 8 nitrogen and oxygen atoms in total. The molecule has 0 fully saturated rings. The molecule has 0 atom stereocenters. The van der Waals surface area contributed by atoms with Gasteiger partial charge in [-0.15, -0.1) is 0 Å². The molecule has 0 saturated heterocycles. The predicted octanol–water partition coefficient (Wildman–Crippen LogP) is 0.517. The Bertz CT molecular complexity index is 676. The molecule has 1 aromatic rings. The van der Waals surface area contributed by atoms with Gasteiger partial charge in [-0.1, -0.05) is 15.9 Å². The summed E-state index contributed by atoms with van der Waals surface area (Å²) in [6.07, 6.45) is -0.606. The van der Waals surface area contributed by atoms with Gasteiger partial charge >= 0.3 is 6.09 Å². The van der Waals surface area contributed by atoms with Crippen LogP contribution in [0.4, 0.5) is 4.79 Å². The fourth-order valence-corrected chi connectivity index (χ4v) is 2.41. The van der Waals surface area contributed by atoms with Gasteiger partial charge in [0, 0.05) is 17.6 Å². The minimum Gasteiger partial charge on any atom is -0.453 e. The van der Waals surface area contributed by atoms with Crippen LogP contribution in [0.1, 0.15) is 20.7 Å². The Morgan fingerprint density at radius 2 is 1.78 bits per heavy atom. The summed E-state index contributed by atoms with van der Waals surface area (Å²) in [6.45, 7) is -0.0433. The van der Waals surface area contributed by atoms with Crippen LogP contribution in [0.2, 0.25) is 0 Å². The average Bonchev–Trinajstić information content (AvgIpc) is 2.76. The Morgan fingerprint density at radius 1 is 1.13 bits per heavy atom. The van der Waals surface area contributed by atoms with E-state index in [1.54, 1.807) is 12.1 Å². The second-order valence-corrected chi connectivity index (χ2v) is 5.57. The lowest BCUT2D eigenvalue weighted by molar-refractivity contribution is -0.121. The van der Waals surface area contributed by atoms with Crippen molar-refractivity contribution in [3.63, 3.8) is 0 Å². The molecule has 1 aromatic carbocycles. The summed E-state index contributed by atoms with van der Waals surface area (Å²) in [5, 5.41) is 4.89. The number of alkyl carbamates (subject to hydrolysis) is 1. The lowest BCUT2D eigenvalue weighted by atomic mass is 10.1. The van der Waals surface area contributed by atoms with Gasteiger partial charge in [-0.2, -0.15) is 0 Å². The highest BCUT2D eigenvalue weighted by Gasteiger charge is 2.36. The number of methoxy groups -OCH3 is 1. The highest BCUT2D eigenvalue weighted by Crippen LogP contribution is 2.25. The van der Waals surface area contributed by atoms with E-state index in [-0.39, 0.29) is 30.8 Å². The Balaban J connectivity index is 1.89. The number of halogens is 1. The van der Waals surface area contributed by atoms with Crippen LogP contribution in [0.3, 0.4) is 0 Å². The molecule has 2 rings (SSSR count). The van der Waals surface area contributed by atoms with Crippen molar-refractivity contribution >= 4 is 39.7 Å². The van der Waals surface area contributed by atoms with E-state index in [9.17, 15) is 19.2 Å². The number of ether oxygens (including phenoxy) is 1. The Morgan fingerprint density at radius 3 is 2.48 bits per heavy atom. The molecule has 0 aliphatic carbocycles. The van der Waals surface area contributed by atoms with Gasteiger partial charge in [0.25, 0.3) is 11.8 Å². The van der Waals surface area contributed by atoms with E-state index in [1.807, 2.05) is 0 Å². The zero-order chi connectivity index (χ0) is 17.0. The Kier molecular flexibility index (Phi) is 5.32. The van der Waals surface area contributed by atoms with Crippen LogP contribution in [-0.2, 0) is 9.53 Å². The van der Waals surface area contributed by atoms with Crippen LogP contribution in [0.5, 0.6) is 0 Å². The second-order valence-electron chi connectivity index (χ2n) is 4.65. The van der Waals surface area contributed by atoms with Crippen molar-refractivity contribution in [2.45, 2.75) is 0 Å². The molecule has 0 bridgehead atoms. The maximum atomic E-state index is 12.2. The Labute approximate surface area is 140 Å². The number of imide groups is 1. The highest BCUT2D eigenvalue weighted by atomic mass is 79.9. The van der Waals surface area contributed by atoms with Gasteiger partial charge in [-0.3, -0.25) is 19.3 Å². The first kappa shape index (κ1) is 16.9. The van der Waals surface area contributed by atoms with Crippen molar-refractivity contribution in [2.24, 2.45) is 0 Å². The minimum atomic E-state index is -0.606. The number of hydrogen-bond acceptors (Lipinski definition) is 5. The van der Waals surface area contributed by atoms with E-state index in [0.29, 0.717) is 4.47 Å². The molecule has 23 heavy (non-hydrogen) atoms. The number of carbonyl (C=O) groups excluding carboxylic acids is 4. The average molecular weight is 384 g/mol. The van der Waals surface area contributed by atoms with Crippen molar-refractivity contribution in [1.29, 1.82) is 0 Å². The lowest BCUT2D eigenvalue weighted by Crippen LogP contribution is -2.42. The van der Waals surface area contributed by atoms with Crippen molar-refractivity contribution < 1.29 is 23.9 Å². The molecule has 0 spiro atoms. The van der Waals surface area contributed by atoms with Gasteiger partial charge < -0.3 is 15.4 Å². The highest BCUT2D eigenvalue weighted by molar-refractivity contribution is 9.10. The smallest absolute Gasteiger partial charge is 0.406 e. The van der Waals surface area contributed by atoms with E-state index >= 15 is 0 Å². The maximum absolute atomic E-state index is 12.2. The van der Waals surface area contributed by atoms with E-state index < -0.39 is 23.8 Å². The normalized spacial score (nSPS) is 12.9. The topological polar surface area (TPSA) is 105 Å². The molecule has 0 saturated carbocycles. The van der Waals surface area contributed by atoms with Crippen molar-refractivity contribution in [3.05, 3.63) is 33.8 Å². The number of benzene rings is 1. The van der Waals surface area contributed by atoms with Gasteiger partial charge in [0.1, 0.15) is 6.54 Å². The molecular weight excluding hydrogens is 370 g/mol. The predicted molar refractivity (Wildman–Crippen MR) is 82.9 cm³/mol. The third kappa shape index (κ3) is 3.86. The van der Waals surface area contributed by atoms with Crippen LogP contribution in [0.15, 0.2) is 22.7 Å². The van der Waals surface area contributed by atoms with Gasteiger partial charge in [-0.25, -0.2) is 4.79 Å². The van der Waals surface area contributed by atoms with Crippen LogP contribution in [-0.4, -0.2) is 55.5 Å².